The van der Waals surface area contributed by atoms with Crippen molar-refractivity contribution >= 4 is 40.8 Å². The van der Waals surface area contributed by atoms with E-state index in [0.29, 0.717) is 28.9 Å². The van der Waals surface area contributed by atoms with E-state index in [9.17, 15) is 4.79 Å². The van der Waals surface area contributed by atoms with Crippen LogP contribution in [0.1, 0.15) is 52.0 Å². The first kappa shape index (κ1) is 27.3. The molecule has 0 bridgehead atoms. The highest BCUT2D eigenvalue weighted by Crippen LogP contribution is 2.37. The number of halogens is 2. The van der Waals surface area contributed by atoms with Gasteiger partial charge in [-0.1, -0.05) is 29.8 Å². The minimum Gasteiger partial charge on any atom is -0.489 e. The van der Waals surface area contributed by atoms with Gasteiger partial charge in [-0.15, -0.1) is 0 Å². The Balaban J connectivity index is 1.54. The van der Waals surface area contributed by atoms with E-state index in [2.05, 4.69) is 16.5 Å². The summed E-state index contributed by atoms with van der Waals surface area (Å²) in [4.78, 5) is 25.6. The van der Waals surface area contributed by atoms with Crippen LogP contribution in [-0.2, 0) is 11.3 Å². The molecule has 4 rings (SSSR count). The average molecular weight is 546 g/mol. The molecule has 0 saturated heterocycles. The highest BCUT2D eigenvalue weighted by Gasteiger charge is 2.35. The molecule has 2 aromatic rings. The molecule has 1 saturated carbocycles. The van der Waals surface area contributed by atoms with Crippen LogP contribution in [0.3, 0.4) is 0 Å². The number of pyridine rings is 1. The van der Waals surface area contributed by atoms with Crippen LogP contribution in [-0.4, -0.2) is 47.1 Å². The molecule has 1 aromatic heterocycles. The van der Waals surface area contributed by atoms with Crippen molar-refractivity contribution < 1.29 is 14.3 Å². The fourth-order valence-electron chi connectivity index (χ4n) is 4.92. The van der Waals surface area contributed by atoms with Gasteiger partial charge in [-0.2, -0.15) is 0 Å². The Morgan fingerprint density at radius 3 is 2.46 bits per heavy atom. The standard InChI is InChI=1S/C28H34Cl2N4O3/c1-18-16-33(27(35)37-28(2,3)4)17-20-12-21(29)8-11-25(20)34(18)26(31-5)19-6-9-23(10-7-19)36-24-13-22(30)14-32-15-24/h8,11-15,19,23H,1,6-7,9-10,16-17H2,2-5H3. The van der Waals surface area contributed by atoms with Crippen molar-refractivity contribution in [2.75, 3.05) is 18.5 Å². The zero-order valence-corrected chi connectivity index (χ0v) is 23.3. The molecule has 0 spiro atoms. The fraction of sp³-hybridized carbons (Fsp3) is 0.464. The lowest BCUT2D eigenvalue weighted by atomic mass is 9.85. The monoisotopic (exact) mass is 544 g/mol. The first-order chi connectivity index (χ1) is 17.5. The number of amidine groups is 1. The molecule has 0 radical (unpaired) electrons. The number of aromatic nitrogens is 1. The molecule has 1 aromatic carbocycles. The Labute approximate surface area is 229 Å². The summed E-state index contributed by atoms with van der Waals surface area (Å²) in [7, 11) is 1.81. The summed E-state index contributed by atoms with van der Waals surface area (Å²) in [6, 6.07) is 7.53. The maximum Gasteiger partial charge on any atom is 0.410 e. The van der Waals surface area contributed by atoms with Crippen LogP contribution in [0, 0.1) is 5.92 Å². The van der Waals surface area contributed by atoms with Gasteiger partial charge in [0.2, 0.25) is 0 Å². The van der Waals surface area contributed by atoms with Crippen molar-refractivity contribution in [3.63, 3.8) is 0 Å². The molecule has 1 fully saturated rings. The van der Waals surface area contributed by atoms with E-state index in [1.54, 1.807) is 23.4 Å². The van der Waals surface area contributed by atoms with Crippen LogP contribution >= 0.6 is 23.2 Å². The molecular weight excluding hydrogens is 511 g/mol. The van der Waals surface area contributed by atoms with Gasteiger partial charge in [-0.25, -0.2) is 4.79 Å². The first-order valence-electron chi connectivity index (χ1n) is 12.5. The van der Waals surface area contributed by atoms with Gasteiger partial charge in [0.15, 0.2) is 0 Å². The van der Waals surface area contributed by atoms with Gasteiger partial charge in [0, 0.05) is 35.9 Å². The third kappa shape index (κ3) is 6.76. The second kappa shape index (κ2) is 11.3. The number of rotatable bonds is 3. The number of amides is 1. The average Bonchev–Trinajstić information content (AvgIpc) is 2.96. The smallest absolute Gasteiger partial charge is 0.410 e. The van der Waals surface area contributed by atoms with Crippen molar-refractivity contribution in [2.45, 2.75) is 64.7 Å². The molecule has 2 aliphatic rings. The Kier molecular flexibility index (Phi) is 8.34. The van der Waals surface area contributed by atoms with E-state index in [1.165, 1.54) is 0 Å². The summed E-state index contributed by atoms with van der Waals surface area (Å²) >= 11 is 12.4. The molecule has 0 N–H and O–H groups in total. The predicted molar refractivity (Wildman–Crippen MR) is 149 cm³/mol. The zero-order chi connectivity index (χ0) is 26.7. The van der Waals surface area contributed by atoms with E-state index < -0.39 is 5.60 Å². The van der Waals surface area contributed by atoms with E-state index in [0.717, 1.165) is 48.5 Å². The quantitative estimate of drug-likeness (QED) is 0.303. The molecular formula is C28H34Cl2N4O3. The Bertz CT molecular complexity index is 1190. The number of fused-ring (bicyclic) bond motifs is 1. The van der Waals surface area contributed by atoms with Crippen LogP contribution in [0.5, 0.6) is 5.75 Å². The highest BCUT2D eigenvalue weighted by atomic mass is 35.5. The highest BCUT2D eigenvalue weighted by molar-refractivity contribution is 6.31. The lowest BCUT2D eigenvalue weighted by molar-refractivity contribution is 0.0254. The number of carbonyl (C=O) groups excluding carboxylic acids is 1. The number of hydrogen-bond acceptors (Lipinski definition) is 5. The molecule has 1 amide bonds. The molecule has 9 heteroatoms. The van der Waals surface area contributed by atoms with Crippen molar-refractivity contribution in [3.8, 4) is 5.75 Å². The van der Waals surface area contributed by atoms with Crippen molar-refractivity contribution in [1.82, 2.24) is 9.88 Å². The van der Waals surface area contributed by atoms with Gasteiger partial charge in [0.1, 0.15) is 17.2 Å². The number of benzene rings is 1. The third-order valence-corrected chi connectivity index (χ3v) is 6.91. The van der Waals surface area contributed by atoms with Gasteiger partial charge in [0.05, 0.1) is 36.1 Å². The van der Waals surface area contributed by atoms with Crippen molar-refractivity contribution in [3.05, 3.63) is 64.5 Å². The summed E-state index contributed by atoms with van der Waals surface area (Å²) in [5.41, 5.74) is 2.02. The van der Waals surface area contributed by atoms with Crippen LogP contribution < -0.4 is 9.64 Å². The van der Waals surface area contributed by atoms with Gasteiger partial charge < -0.3 is 14.4 Å². The Hall–Kier alpha value is -2.77. The maximum absolute atomic E-state index is 13.0. The molecule has 1 aliphatic carbocycles. The fourth-order valence-corrected chi connectivity index (χ4v) is 5.27. The first-order valence-corrected chi connectivity index (χ1v) is 13.3. The van der Waals surface area contributed by atoms with E-state index in [1.807, 2.05) is 46.0 Å². The second-order valence-electron chi connectivity index (χ2n) is 10.5. The van der Waals surface area contributed by atoms with E-state index in [-0.39, 0.29) is 18.1 Å². The lowest BCUT2D eigenvalue weighted by Gasteiger charge is -2.36. The topological polar surface area (TPSA) is 67.3 Å². The van der Waals surface area contributed by atoms with Gasteiger partial charge >= 0.3 is 6.09 Å². The summed E-state index contributed by atoms with van der Waals surface area (Å²) in [5, 5.41) is 1.17. The van der Waals surface area contributed by atoms with Gasteiger partial charge in [0.25, 0.3) is 0 Å². The third-order valence-electron chi connectivity index (χ3n) is 6.47. The van der Waals surface area contributed by atoms with Gasteiger partial charge in [-0.3, -0.25) is 14.9 Å². The Morgan fingerprint density at radius 2 is 1.81 bits per heavy atom. The molecule has 1 aliphatic heterocycles. The largest absolute Gasteiger partial charge is 0.489 e. The number of hydrogen-bond donors (Lipinski definition) is 0. The van der Waals surface area contributed by atoms with Crippen LogP contribution in [0.4, 0.5) is 10.5 Å². The van der Waals surface area contributed by atoms with Gasteiger partial charge in [-0.05, 0) is 70.2 Å². The van der Waals surface area contributed by atoms with Crippen molar-refractivity contribution in [2.24, 2.45) is 10.9 Å². The number of nitrogens with zero attached hydrogens (tertiary/aromatic N) is 4. The second-order valence-corrected chi connectivity index (χ2v) is 11.4. The van der Waals surface area contributed by atoms with Crippen molar-refractivity contribution in [1.29, 1.82) is 0 Å². The zero-order valence-electron chi connectivity index (χ0n) is 21.8. The summed E-state index contributed by atoms with van der Waals surface area (Å²) < 4.78 is 11.8. The predicted octanol–water partition coefficient (Wildman–Crippen LogP) is 7.13. The van der Waals surface area contributed by atoms with Crippen LogP contribution in [0.2, 0.25) is 10.0 Å². The SMILES string of the molecule is C=C1CN(C(=O)OC(C)(C)C)Cc2cc(Cl)ccc2N1C(=NC)C1CCC(Oc2cncc(Cl)c2)CC1. The number of ether oxygens (including phenoxy) is 2. The maximum atomic E-state index is 13.0. The molecule has 198 valence electrons. The molecule has 0 atom stereocenters. The normalized spacial score (nSPS) is 20.8. The van der Waals surface area contributed by atoms with Crippen LogP contribution in [0.25, 0.3) is 0 Å². The number of aliphatic imine (C=N–C) groups is 1. The number of anilines is 1. The van der Waals surface area contributed by atoms with E-state index >= 15 is 0 Å². The molecule has 7 nitrogen and oxygen atoms in total. The summed E-state index contributed by atoms with van der Waals surface area (Å²) in [6.07, 6.45) is 6.58. The Morgan fingerprint density at radius 1 is 1.08 bits per heavy atom. The minimum atomic E-state index is -0.598. The van der Waals surface area contributed by atoms with Crippen LogP contribution in [0.15, 0.2) is 53.9 Å². The lowest BCUT2D eigenvalue weighted by Crippen LogP contribution is -2.41. The number of carbonyl (C=O) groups is 1. The summed E-state index contributed by atoms with van der Waals surface area (Å²) in [6.45, 7) is 10.6. The molecule has 37 heavy (non-hydrogen) atoms. The minimum absolute atomic E-state index is 0.0933. The van der Waals surface area contributed by atoms with E-state index in [4.69, 9.17) is 37.7 Å². The molecule has 2 heterocycles. The summed E-state index contributed by atoms with van der Waals surface area (Å²) in [5.74, 6) is 1.84. The molecule has 0 unspecified atom stereocenters.